The number of benzene rings is 1. The molecule has 0 saturated heterocycles. The van der Waals surface area contributed by atoms with Crippen LogP contribution in [0, 0.1) is 11.3 Å². The van der Waals surface area contributed by atoms with E-state index in [0.29, 0.717) is 16.3 Å². The van der Waals surface area contributed by atoms with Crippen LogP contribution in [-0.4, -0.2) is 19.6 Å². The molecule has 1 aromatic rings. The van der Waals surface area contributed by atoms with Crippen LogP contribution >= 0.6 is 11.6 Å². The molecule has 1 amide bonds. The Kier molecular flexibility index (Phi) is 3.95. The van der Waals surface area contributed by atoms with E-state index in [1.54, 1.807) is 18.2 Å². The van der Waals surface area contributed by atoms with E-state index >= 15 is 0 Å². The fourth-order valence-electron chi connectivity index (χ4n) is 1.07. The molecular weight excluding hydrogens is 216 g/mol. The predicted molar refractivity (Wildman–Crippen MR) is 56.0 cm³/mol. The summed E-state index contributed by atoms with van der Waals surface area (Å²) >= 11 is 5.74. The summed E-state index contributed by atoms with van der Waals surface area (Å²) < 4.78 is 5.00. The van der Waals surface area contributed by atoms with Gasteiger partial charge in [-0.05, 0) is 18.2 Å². The molecule has 5 heteroatoms. The van der Waals surface area contributed by atoms with Gasteiger partial charge in [-0.2, -0.15) is 5.26 Å². The average molecular weight is 225 g/mol. The first-order chi connectivity index (χ1) is 7.19. The van der Waals surface area contributed by atoms with Gasteiger partial charge in [0.25, 0.3) is 5.91 Å². The number of carbonyl (C=O) groups is 1. The van der Waals surface area contributed by atoms with E-state index in [-0.39, 0.29) is 12.5 Å². The van der Waals surface area contributed by atoms with E-state index in [0.717, 1.165) is 0 Å². The molecule has 0 fully saturated rings. The summed E-state index contributed by atoms with van der Waals surface area (Å²) in [5.74, 6) is 0.0306. The number of ether oxygens (including phenoxy) is 1. The van der Waals surface area contributed by atoms with Gasteiger partial charge in [-0.15, -0.1) is 0 Å². The third-order valence-electron chi connectivity index (χ3n) is 1.74. The van der Waals surface area contributed by atoms with Crippen LogP contribution in [0.25, 0.3) is 0 Å². The fraction of sp³-hybridized carbons (Fsp3) is 0.200. The number of hydrogen-bond acceptors (Lipinski definition) is 3. The number of methoxy groups -OCH3 is 1. The van der Waals surface area contributed by atoms with Crippen molar-refractivity contribution in [3.63, 3.8) is 0 Å². The number of nitriles is 1. The standard InChI is InChI=1S/C10H9ClN2O2/c1-15-9-6-7(11)2-3-8(9)10(14)13-5-4-12/h2-3,6H,5H2,1H3,(H,13,14). The van der Waals surface area contributed by atoms with Gasteiger partial charge in [-0.3, -0.25) is 4.79 Å². The summed E-state index contributed by atoms with van der Waals surface area (Å²) in [5, 5.41) is 11.2. The summed E-state index contributed by atoms with van der Waals surface area (Å²) in [5.41, 5.74) is 0.358. The first-order valence-corrected chi connectivity index (χ1v) is 4.55. The summed E-state index contributed by atoms with van der Waals surface area (Å²) in [7, 11) is 1.45. The minimum Gasteiger partial charge on any atom is -0.496 e. The Morgan fingerprint density at radius 3 is 3.00 bits per heavy atom. The molecule has 0 aliphatic heterocycles. The summed E-state index contributed by atoms with van der Waals surface area (Å²) in [4.78, 5) is 11.5. The number of rotatable bonds is 3. The quantitative estimate of drug-likeness (QED) is 0.794. The van der Waals surface area contributed by atoms with E-state index in [1.165, 1.54) is 7.11 Å². The second-order valence-corrected chi connectivity index (χ2v) is 3.12. The Hall–Kier alpha value is -1.73. The zero-order valence-electron chi connectivity index (χ0n) is 8.08. The lowest BCUT2D eigenvalue weighted by atomic mass is 10.2. The van der Waals surface area contributed by atoms with Gasteiger partial charge in [0.15, 0.2) is 0 Å². The number of carbonyl (C=O) groups excluding carboxylic acids is 1. The van der Waals surface area contributed by atoms with Crippen molar-refractivity contribution in [2.24, 2.45) is 0 Å². The van der Waals surface area contributed by atoms with Crippen molar-refractivity contribution in [1.29, 1.82) is 5.26 Å². The van der Waals surface area contributed by atoms with Gasteiger partial charge in [0.2, 0.25) is 0 Å². The second kappa shape index (κ2) is 5.23. The molecule has 1 rings (SSSR count). The number of nitrogens with one attached hydrogen (secondary N) is 1. The molecule has 0 radical (unpaired) electrons. The van der Waals surface area contributed by atoms with Crippen LogP contribution in [-0.2, 0) is 0 Å². The lowest BCUT2D eigenvalue weighted by Crippen LogP contribution is -2.23. The zero-order chi connectivity index (χ0) is 11.3. The second-order valence-electron chi connectivity index (χ2n) is 2.69. The van der Waals surface area contributed by atoms with Crippen molar-refractivity contribution in [2.75, 3.05) is 13.7 Å². The lowest BCUT2D eigenvalue weighted by Gasteiger charge is -2.07. The highest BCUT2D eigenvalue weighted by Gasteiger charge is 2.11. The van der Waals surface area contributed by atoms with Crippen LogP contribution in [0.15, 0.2) is 18.2 Å². The predicted octanol–water partition coefficient (Wildman–Crippen LogP) is 1.60. The highest BCUT2D eigenvalue weighted by molar-refractivity contribution is 6.30. The molecule has 0 bridgehead atoms. The summed E-state index contributed by atoms with van der Waals surface area (Å²) in [6, 6.07) is 6.50. The van der Waals surface area contributed by atoms with Crippen molar-refractivity contribution in [3.8, 4) is 11.8 Å². The zero-order valence-corrected chi connectivity index (χ0v) is 8.84. The Bertz CT molecular complexity index is 412. The van der Waals surface area contributed by atoms with E-state index in [1.807, 2.05) is 6.07 Å². The average Bonchev–Trinajstić information content (AvgIpc) is 2.25. The van der Waals surface area contributed by atoms with Gasteiger partial charge >= 0.3 is 0 Å². The molecule has 78 valence electrons. The highest BCUT2D eigenvalue weighted by atomic mass is 35.5. The third-order valence-corrected chi connectivity index (χ3v) is 1.97. The first-order valence-electron chi connectivity index (χ1n) is 4.17. The fourth-order valence-corrected chi connectivity index (χ4v) is 1.23. The Labute approximate surface area is 92.4 Å². The monoisotopic (exact) mass is 224 g/mol. The number of hydrogen-bond donors (Lipinski definition) is 1. The van der Waals surface area contributed by atoms with Gasteiger partial charge in [0, 0.05) is 5.02 Å². The van der Waals surface area contributed by atoms with Gasteiger partial charge in [0.05, 0.1) is 18.7 Å². The molecule has 15 heavy (non-hydrogen) atoms. The topological polar surface area (TPSA) is 62.1 Å². The van der Waals surface area contributed by atoms with Gasteiger partial charge in [0.1, 0.15) is 12.3 Å². The number of halogens is 1. The Morgan fingerprint density at radius 2 is 2.40 bits per heavy atom. The van der Waals surface area contributed by atoms with Gasteiger partial charge in [-0.1, -0.05) is 11.6 Å². The third kappa shape index (κ3) is 2.86. The van der Waals surface area contributed by atoms with Crippen molar-refractivity contribution < 1.29 is 9.53 Å². The minimum atomic E-state index is -0.356. The molecule has 0 aromatic heterocycles. The highest BCUT2D eigenvalue weighted by Crippen LogP contribution is 2.22. The number of nitrogens with zero attached hydrogens (tertiary/aromatic N) is 1. The van der Waals surface area contributed by atoms with Crippen LogP contribution < -0.4 is 10.1 Å². The van der Waals surface area contributed by atoms with Crippen LogP contribution in [0.2, 0.25) is 5.02 Å². The maximum atomic E-state index is 11.5. The van der Waals surface area contributed by atoms with Crippen molar-refractivity contribution in [2.45, 2.75) is 0 Å². The summed E-state index contributed by atoms with van der Waals surface area (Å²) in [6.45, 7) is -0.0371. The molecule has 0 saturated carbocycles. The van der Waals surface area contributed by atoms with E-state index in [9.17, 15) is 4.79 Å². The molecule has 4 nitrogen and oxygen atoms in total. The largest absolute Gasteiger partial charge is 0.496 e. The summed E-state index contributed by atoms with van der Waals surface area (Å²) in [6.07, 6.45) is 0. The maximum Gasteiger partial charge on any atom is 0.255 e. The molecule has 0 spiro atoms. The number of amides is 1. The maximum absolute atomic E-state index is 11.5. The van der Waals surface area contributed by atoms with Crippen LogP contribution in [0.1, 0.15) is 10.4 Å². The van der Waals surface area contributed by atoms with E-state index in [2.05, 4.69) is 5.32 Å². The smallest absolute Gasteiger partial charge is 0.255 e. The molecule has 1 N–H and O–H groups in total. The van der Waals surface area contributed by atoms with E-state index < -0.39 is 0 Å². The van der Waals surface area contributed by atoms with Crippen molar-refractivity contribution in [1.82, 2.24) is 5.32 Å². The molecule has 0 unspecified atom stereocenters. The van der Waals surface area contributed by atoms with Crippen molar-refractivity contribution in [3.05, 3.63) is 28.8 Å². The molecular formula is C10H9ClN2O2. The Balaban J connectivity index is 2.93. The van der Waals surface area contributed by atoms with E-state index in [4.69, 9.17) is 21.6 Å². The van der Waals surface area contributed by atoms with Crippen LogP contribution in [0.4, 0.5) is 0 Å². The molecule has 0 atom stereocenters. The van der Waals surface area contributed by atoms with Gasteiger partial charge in [-0.25, -0.2) is 0 Å². The molecule has 1 aromatic carbocycles. The molecule has 0 aliphatic carbocycles. The first kappa shape index (κ1) is 11.3. The molecule has 0 heterocycles. The minimum absolute atomic E-state index is 0.0371. The SMILES string of the molecule is COc1cc(Cl)ccc1C(=O)NCC#N. The normalized spacial score (nSPS) is 9.13. The van der Waals surface area contributed by atoms with Crippen LogP contribution in [0.5, 0.6) is 5.75 Å². The van der Waals surface area contributed by atoms with Crippen molar-refractivity contribution >= 4 is 17.5 Å². The molecule has 0 aliphatic rings. The lowest BCUT2D eigenvalue weighted by molar-refractivity contribution is 0.0955. The van der Waals surface area contributed by atoms with Gasteiger partial charge < -0.3 is 10.1 Å². The van der Waals surface area contributed by atoms with Crippen LogP contribution in [0.3, 0.4) is 0 Å². The Morgan fingerprint density at radius 1 is 1.67 bits per heavy atom.